The first-order valence-corrected chi connectivity index (χ1v) is 9.46. The smallest absolute Gasteiger partial charge is 0.331 e. The first kappa shape index (κ1) is 18.5. The van der Waals surface area contributed by atoms with Crippen LogP contribution in [-0.4, -0.2) is 49.2 Å². The fraction of sp³-hybridized carbons (Fsp3) is 0.500. The molecular formula is C20H23N3O5. The quantitative estimate of drug-likeness (QED) is 0.620. The number of hydrogen-bond acceptors (Lipinski definition) is 6. The van der Waals surface area contributed by atoms with E-state index in [1.807, 2.05) is 0 Å². The van der Waals surface area contributed by atoms with Crippen LogP contribution >= 0.6 is 0 Å². The highest BCUT2D eigenvalue weighted by atomic mass is 16.5. The monoisotopic (exact) mass is 385 g/mol. The van der Waals surface area contributed by atoms with Crippen molar-refractivity contribution in [1.29, 1.82) is 0 Å². The Morgan fingerprint density at radius 3 is 2.61 bits per heavy atom. The van der Waals surface area contributed by atoms with Crippen molar-refractivity contribution in [3.8, 4) is 11.5 Å². The van der Waals surface area contributed by atoms with Crippen molar-refractivity contribution in [2.45, 2.75) is 31.7 Å². The number of rotatable bonds is 5. The van der Waals surface area contributed by atoms with Crippen molar-refractivity contribution in [3.63, 3.8) is 0 Å². The summed E-state index contributed by atoms with van der Waals surface area (Å²) in [5.74, 6) is -0.331. The Kier molecular flexibility index (Phi) is 4.78. The SMILES string of the molecule is COc1ccc(OC)c(N=C[C@H]2C(=O)NC(=O)N([C@H]3C[C@H]4CC[C@H]3C4)C2=O)c1. The van der Waals surface area contributed by atoms with Crippen LogP contribution in [0.5, 0.6) is 11.5 Å². The van der Waals surface area contributed by atoms with Crippen molar-refractivity contribution in [3.05, 3.63) is 18.2 Å². The predicted molar refractivity (Wildman–Crippen MR) is 101 cm³/mol. The number of benzene rings is 1. The third-order valence-corrected chi connectivity index (χ3v) is 6.02. The summed E-state index contributed by atoms with van der Waals surface area (Å²) in [5.41, 5.74) is 0.436. The molecule has 2 saturated carbocycles. The number of barbiturate groups is 1. The molecule has 4 atom stereocenters. The average Bonchev–Trinajstić information content (AvgIpc) is 3.31. The van der Waals surface area contributed by atoms with E-state index in [9.17, 15) is 14.4 Å². The molecule has 1 aromatic rings. The van der Waals surface area contributed by atoms with E-state index in [0.29, 0.717) is 29.0 Å². The van der Waals surface area contributed by atoms with E-state index in [1.54, 1.807) is 18.2 Å². The maximum absolute atomic E-state index is 13.0. The molecule has 0 aromatic heterocycles. The molecule has 3 aliphatic rings. The van der Waals surface area contributed by atoms with Gasteiger partial charge in [0.15, 0.2) is 5.92 Å². The third kappa shape index (κ3) is 3.12. The van der Waals surface area contributed by atoms with Gasteiger partial charge in [-0.2, -0.15) is 0 Å². The van der Waals surface area contributed by atoms with Gasteiger partial charge in [0.25, 0.3) is 0 Å². The minimum Gasteiger partial charge on any atom is -0.497 e. The van der Waals surface area contributed by atoms with E-state index >= 15 is 0 Å². The molecule has 8 nitrogen and oxygen atoms in total. The number of amides is 4. The van der Waals surface area contributed by atoms with E-state index < -0.39 is 23.8 Å². The van der Waals surface area contributed by atoms with Crippen LogP contribution in [0.1, 0.15) is 25.7 Å². The van der Waals surface area contributed by atoms with Crippen molar-refractivity contribution in [2.24, 2.45) is 22.7 Å². The van der Waals surface area contributed by atoms with Gasteiger partial charge in [-0.3, -0.25) is 24.8 Å². The molecule has 1 saturated heterocycles. The second-order valence-electron chi connectivity index (χ2n) is 7.54. The van der Waals surface area contributed by atoms with Crippen LogP contribution in [-0.2, 0) is 9.59 Å². The molecule has 1 heterocycles. The summed E-state index contributed by atoms with van der Waals surface area (Å²) >= 11 is 0. The molecular weight excluding hydrogens is 362 g/mol. The number of hydrogen-bond donors (Lipinski definition) is 1. The van der Waals surface area contributed by atoms with Gasteiger partial charge in [0, 0.05) is 18.3 Å². The molecule has 3 fully saturated rings. The molecule has 28 heavy (non-hydrogen) atoms. The van der Waals surface area contributed by atoms with Gasteiger partial charge in [-0.05, 0) is 43.2 Å². The standard InChI is InChI=1S/C20H23N3O5/c1-27-13-5-6-17(28-2)15(9-13)21-10-14-18(24)22-20(26)23(19(14)25)16-8-11-3-4-12(16)7-11/h5-6,9-12,14,16H,3-4,7-8H2,1-2H3,(H,22,24,26)/t11-,12-,14-,16-/m0/s1. The van der Waals surface area contributed by atoms with Crippen LogP contribution in [0.15, 0.2) is 23.2 Å². The lowest BCUT2D eigenvalue weighted by Gasteiger charge is -2.36. The molecule has 0 radical (unpaired) electrons. The zero-order valence-corrected chi connectivity index (χ0v) is 15.9. The molecule has 1 aliphatic heterocycles. The Morgan fingerprint density at radius 2 is 1.96 bits per heavy atom. The molecule has 1 aromatic carbocycles. The summed E-state index contributed by atoms with van der Waals surface area (Å²) in [4.78, 5) is 43.2. The number of nitrogens with one attached hydrogen (secondary N) is 1. The van der Waals surface area contributed by atoms with E-state index in [-0.39, 0.29) is 6.04 Å². The molecule has 8 heteroatoms. The molecule has 2 aliphatic carbocycles. The number of methoxy groups -OCH3 is 2. The van der Waals surface area contributed by atoms with E-state index in [4.69, 9.17) is 9.47 Å². The fourth-order valence-corrected chi connectivity index (χ4v) is 4.63. The molecule has 2 bridgehead atoms. The number of nitrogens with zero attached hydrogens (tertiary/aromatic N) is 2. The lowest BCUT2D eigenvalue weighted by atomic mass is 9.92. The number of aliphatic imine (C=N–C) groups is 1. The van der Waals surface area contributed by atoms with Gasteiger partial charge in [-0.15, -0.1) is 0 Å². The van der Waals surface area contributed by atoms with Crippen molar-refractivity contribution < 1.29 is 23.9 Å². The van der Waals surface area contributed by atoms with Gasteiger partial charge < -0.3 is 9.47 Å². The Hall–Kier alpha value is -2.90. The molecule has 0 spiro atoms. The van der Waals surface area contributed by atoms with Crippen LogP contribution in [0.2, 0.25) is 0 Å². The molecule has 148 valence electrons. The van der Waals surface area contributed by atoms with Gasteiger partial charge in [-0.25, -0.2) is 4.79 Å². The van der Waals surface area contributed by atoms with E-state index in [0.717, 1.165) is 25.7 Å². The van der Waals surface area contributed by atoms with Crippen LogP contribution < -0.4 is 14.8 Å². The molecule has 4 amide bonds. The lowest BCUT2D eigenvalue weighted by Crippen LogP contribution is -2.62. The van der Waals surface area contributed by atoms with Gasteiger partial charge in [0.1, 0.15) is 17.2 Å². The second kappa shape index (κ2) is 7.26. The fourth-order valence-electron chi connectivity index (χ4n) is 4.63. The summed E-state index contributed by atoms with van der Waals surface area (Å²) in [7, 11) is 3.04. The van der Waals surface area contributed by atoms with Gasteiger partial charge >= 0.3 is 6.03 Å². The summed E-state index contributed by atoms with van der Waals surface area (Å²) in [6.45, 7) is 0. The Labute approximate surface area is 162 Å². The summed E-state index contributed by atoms with van der Waals surface area (Å²) in [6, 6.07) is 4.34. The largest absolute Gasteiger partial charge is 0.497 e. The first-order valence-electron chi connectivity index (χ1n) is 9.46. The zero-order chi connectivity index (χ0) is 19.8. The number of fused-ring (bicyclic) bond motifs is 2. The maximum Gasteiger partial charge on any atom is 0.331 e. The minimum absolute atomic E-state index is 0.124. The van der Waals surface area contributed by atoms with Crippen LogP contribution in [0.4, 0.5) is 10.5 Å². The maximum atomic E-state index is 13.0. The van der Waals surface area contributed by atoms with Crippen molar-refractivity contribution in [1.82, 2.24) is 10.2 Å². The molecule has 4 rings (SSSR count). The summed E-state index contributed by atoms with van der Waals surface area (Å²) < 4.78 is 10.5. The minimum atomic E-state index is -1.15. The van der Waals surface area contributed by atoms with E-state index in [2.05, 4.69) is 10.3 Å². The third-order valence-electron chi connectivity index (χ3n) is 6.02. The topological polar surface area (TPSA) is 97.3 Å². The number of carbonyl (C=O) groups is 3. The summed E-state index contributed by atoms with van der Waals surface area (Å²) in [6.07, 6.45) is 5.34. The number of carbonyl (C=O) groups excluding carboxylic acids is 3. The first-order chi connectivity index (χ1) is 13.5. The Bertz CT molecular complexity index is 852. The van der Waals surface area contributed by atoms with Crippen LogP contribution in [0.3, 0.4) is 0 Å². The van der Waals surface area contributed by atoms with Gasteiger partial charge in [0.05, 0.1) is 14.2 Å². The van der Waals surface area contributed by atoms with Crippen molar-refractivity contribution in [2.75, 3.05) is 14.2 Å². The highest BCUT2D eigenvalue weighted by Gasteiger charge is 2.50. The normalized spacial score (nSPS) is 29.5. The molecule has 1 N–H and O–H groups in total. The van der Waals surface area contributed by atoms with Gasteiger partial charge in [0.2, 0.25) is 11.8 Å². The van der Waals surface area contributed by atoms with Gasteiger partial charge in [-0.1, -0.05) is 6.42 Å². The Morgan fingerprint density at radius 1 is 1.14 bits per heavy atom. The number of ether oxygens (including phenoxy) is 2. The highest BCUT2D eigenvalue weighted by molar-refractivity contribution is 6.23. The second-order valence-corrected chi connectivity index (χ2v) is 7.54. The van der Waals surface area contributed by atoms with E-state index in [1.165, 1.54) is 25.3 Å². The predicted octanol–water partition coefficient (Wildman–Crippen LogP) is 2.29. The number of imide groups is 2. The number of urea groups is 1. The average molecular weight is 385 g/mol. The highest BCUT2D eigenvalue weighted by Crippen LogP contribution is 2.47. The Balaban J connectivity index is 1.58. The van der Waals surface area contributed by atoms with Crippen LogP contribution in [0.25, 0.3) is 0 Å². The molecule has 0 unspecified atom stereocenters. The summed E-state index contributed by atoms with van der Waals surface area (Å²) in [5, 5.41) is 2.31. The van der Waals surface area contributed by atoms with Crippen LogP contribution in [0, 0.1) is 17.8 Å². The lowest BCUT2D eigenvalue weighted by molar-refractivity contribution is -0.141. The zero-order valence-electron chi connectivity index (χ0n) is 15.9. The van der Waals surface area contributed by atoms with Crippen molar-refractivity contribution >= 4 is 29.7 Å².